The summed E-state index contributed by atoms with van der Waals surface area (Å²) < 4.78 is 0. The van der Waals surface area contributed by atoms with Crippen LogP contribution in [0.2, 0.25) is 0 Å². The molecule has 1 heterocycles. The molecule has 4 amide bonds. The van der Waals surface area contributed by atoms with Crippen molar-refractivity contribution in [2.75, 3.05) is 0 Å². The van der Waals surface area contributed by atoms with Gasteiger partial charge in [-0.15, -0.1) is 0 Å². The maximum Gasteiger partial charge on any atom is 0.331 e. The van der Waals surface area contributed by atoms with Crippen LogP contribution in [0.3, 0.4) is 0 Å². The first-order valence-electron chi connectivity index (χ1n) is 8.40. The van der Waals surface area contributed by atoms with Gasteiger partial charge in [0.05, 0.1) is 5.69 Å². The molecule has 1 N–H and O–H groups in total. The van der Waals surface area contributed by atoms with Gasteiger partial charge in [-0.1, -0.05) is 24.6 Å². The number of nitrogens with one attached hydrogen (secondary N) is 1. The van der Waals surface area contributed by atoms with Crippen LogP contribution in [0, 0.1) is 17.8 Å². The quantitative estimate of drug-likeness (QED) is 0.684. The summed E-state index contributed by atoms with van der Waals surface area (Å²) in [6.45, 7) is 0. The summed E-state index contributed by atoms with van der Waals surface area (Å²) in [6, 6.07) is 8.47. The van der Waals surface area contributed by atoms with E-state index in [1.807, 2.05) is 18.2 Å². The molecule has 0 unspecified atom stereocenters. The van der Waals surface area contributed by atoms with Gasteiger partial charge in [0.1, 0.15) is 0 Å². The number of hydrogen-bond donors (Lipinski definition) is 1. The number of carbonyl (C=O) groups is 3. The highest BCUT2D eigenvalue weighted by molar-refractivity contribution is 6.23. The first-order chi connectivity index (χ1) is 11.6. The van der Waals surface area contributed by atoms with E-state index < -0.39 is 23.8 Å². The molecule has 6 nitrogen and oxygen atoms in total. The summed E-state index contributed by atoms with van der Waals surface area (Å²) in [5.74, 6) is -1.09. The van der Waals surface area contributed by atoms with Crippen molar-refractivity contribution in [3.05, 3.63) is 30.3 Å². The largest absolute Gasteiger partial charge is 0.331 e. The van der Waals surface area contributed by atoms with Gasteiger partial charge in [0.15, 0.2) is 5.92 Å². The number of barbiturate groups is 1. The molecule has 6 heteroatoms. The van der Waals surface area contributed by atoms with Crippen molar-refractivity contribution in [2.45, 2.75) is 31.7 Å². The van der Waals surface area contributed by atoms with Crippen LogP contribution >= 0.6 is 0 Å². The van der Waals surface area contributed by atoms with Gasteiger partial charge < -0.3 is 0 Å². The molecule has 124 valence electrons. The predicted molar refractivity (Wildman–Crippen MR) is 87.7 cm³/mol. The van der Waals surface area contributed by atoms with Gasteiger partial charge in [-0.25, -0.2) is 4.79 Å². The summed E-state index contributed by atoms with van der Waals surface area (Å²) in [5.41, 5.74) is 0.668. The fourth-order valence-electron chi connectivity index (χ4n) is 4.25. The smallest absolute Gasteiger partial charge is 0.277 e. The maximum absolute atomic E-state index is 12.8. The molecular weight excluding hydrogens is 306 g/mol. The first kappa shape index (κ1) is 15.1. The second kappa shape index (κ2) is 5.85. The zero-order valence-corrected chi connectivity index (χ0v) is 13.2. The Bertz CT molecular complexity index is 715. The Morgan fingerprint density at radius 3 is 2.54 bits per heavy atom. The Labute approximate surface area is 139 Å². The van der Waals surface area contributed by atoms with Crippen molar-refractivity contribution < 1.29 is 14.4 Å². The van der Waals surface area contributed by atoms with E-state index in [0.717, 1.165) is 19.3 Å². The molecule has 2 bridgehead atoms. The summed E-state index contributed by atoms with van der Waals surface area (Å²) in [4.78, 5) is 42.6. The highest BCUT2D eigenvalue weighted by atomic mass is 16.2. The lowest BCUT2D eigenvalue weighted by atomic mass is 9.92. The zero-order valence-electron chi connectivity index (χ0n) is 13.2. The number of fused-ring (bicyclic) bond motifs is 2. The Morgan fingerprint density at radius 2 is 1.88 bits per heavy atom. The third-order valence-corrected chi connectivity index (χ3v) is 5.40. The number of benzene rings is 1. The number of urea groups is 1. The van der Waals surface area contributed by atoms with Crippen molar-refractivity contribution in [3.8, 4) is 0 Å². The molecule has 4 rings (SSSR count). The van der Waals surface area contributed by atoms with E-state index in [4.69, 9.17) is 0 Å². The Kier molecular flexibility index (Phi) is 3.67. The molecule has 2 saturated carbocycles. The number of hydrogen-bond acceptors (Lipinski definition) is 4. The van der Waals surface area contributed by atoms with E-state index in [0.29, 0.717) is 17.5 Å². The van der Waals surface area contributed by atoms with E-state index in [1.165, 1.54) is 17.5 Å². The topological polar surface area (TPSA) is 78.8 Å². The highest BCUT2D eigenvalue weighted by Crippen LogP contribution is 2.47. The number of amides is 4. The Balaban J connectivity index is 1.56. The zero-order chi connectivity index (χ0) is 16.7. The molecule has 3 aliphatic rings. The second-order valence-electron chi connectivity index (χ2n) is 6.84. The van der Waals surface area contributed by atoms with E-state index in [1.54, 1.807) is 12.1 Å². The summed E-state index contributed by atoms with van der Waals surface area (Å²) in [6.07, 6.45) is 5.53. The summed E-state index contributed by atoms with van der Waals surface area (Å²) in [5, 5.41) is 2.32. The van der Waals surface area contributed by atoms with E-state index in [9.17, 15) is 14.4 Å². The molecule has 0 radical (unpaired) electrons. The molecular formula is C18H19N3O3. The standard InChI is InChI=1S/C18H19N3O3/c22-16-14(10-19-13-4-2-1-3-5-13)17(23)21(18(24)20-16)15-9-11-6-7-12(15)8-11/h1-5,10-12,14-15H,6-9H2,(H,20,22,24)/t11-,12-,14+,15-/m0/s1. The van der Waals surface area contributed by atoms with Crippen LogP contribution in [0.4, 0.5) is 10.5 Å². The molecule has 1 saturated heterocycles. The summed E-state index contributed by atoms with van der Waals surface area (Å²) in [7, 11) is 0. The average molecular weight is 325 g/mol. The van der Waals surface area contributed by atoms with Crippen molar-refractivity contribution in [1.82, 2.24) is 10.2 Å². The average Bonchev–Trinajstić information content (AvgIpc) is 3.18. The van der Waals surface area contributed by atoms with Gasteiger partial charge in [-0.05, 0) is 43.2 Å². The lowest BCUT2D eigenvalue weighted by Crippen LogP contribution is -2.62. The van der Waals surface area contributed by atoms with E-state index >= 15 is 0 Å². The number of imide groups is 2. The fourth-order valence-corrected chi connectivity index (χ4v) is 4.25. The van der Waals surface area contributed by atoms with E-state index in [2.05, 4.69) is 10.3 Å². The van der Waals surface area contributed by atoms with Crippen LogP contribution in [0.25, 0.3) is 0 Å². The van der Waals surface area contributed by atoms with Crippen LogP contribution in [0.5, 0.6) is 0 Å². The van der Waals surface area contributed by atoms with Gasteiger partial charge in [0.25, 0.3) is 0 Å². The third-order valence-electron chi connectivity index (χ3n) is 5.40. The normalized spacial score (nSPS) is 32.7. The van der Waals surface area contributed by atoms with E-state index in [-0.39, 0.29) is 6.04 Å². The monoisotopic (exact) mass is 325 g/mol. The first-order valence-corrected chi connectivity index (χ1v) is 8.40. The highest BCUT2D eigenvalue weighted by Gasteiger charge is 2.50. The molecule has 1 aromatic carbocycles. The van der Waals surface area contributed by atoms with Gasteiger partial charge in [0, 0.05) is 12.3 Å². The van der Waals surface area contributed by atoms with Crippen molar-refractivity contribution >= 4 is 29.7 Å². The van der Waals surface area contributed by atoms with Gasteiger partial charge in [0.2, 0.25) is 11.8 Å². The summed E-state index contributed by atoms with van der Waals surface area (Å²) >= 11 is 0. The van der Waals surface area contributed by atoms with Gasteiger partial charge in [-0.2, -0.15) is 0 Å². The number of nitrogens with zero attached hydrogens (tertiary/aromatic N) is 2. The Morgan fingerprint density at radius 1 is 1.08 bits per heavy atom. The fraction of sp³-hybridized carbons (Fsp3) is 0.444. The molecule has 0 spiro atoms. The molecule has 4 atom stereocenters. The number of para-hydroxylation sites is 1. The molecule has 0 aromatic heterocycles. The predicted octanol–water partition coefficient (Wildman–Crippen LogP) is 2.27. The molecule has 24 heavy (non-hydrogen) atoms. The minimum Gasteiger partial charge on any atom is -0.277 e. The van der Waals surface area contributed by atoms with Crippen molar-refractivity contribution in [2.24, 2.45) is 22.7 Å². The van der Waals surface area contributed by atoms with Crippen molar-refractivity contribution in [1.29, 1.82) is 0 Å². The second-order valence-corrected chi connectivity index (χ2v) is 6.84. The van der Waals surface area contributed by atoms with Crippen LogP contribution in [0.1, 0.15) is 25.7 Å². The molecule has 1 aromatic rings. The minimum atomic E-state index is -1.04. The number of aliphatic imine (C=N–C) groups is 1. The van der Waals surface area contributed by atoms with Crippen molar-refractivity contribution in [3.63, 3.8) is 0 Å². The minimum absolute atomic E-state index is 0.0722. The molecule has 2 aliphatic carbocycles. The van der Waals surface area contributed by atoms with Crippen LogP contribution < -0.4 is 5.32 Å². The van der Waals surface area contributed by atoms with Gasteiger partial charge >= 0.3 is 6.03 Å². The lowest BCUT2D eigenvalue weighted by molar-refractivity contribution is -0.141. The van der Waals surface area contributed by atoms with Crippen LogP contribution in [0.15, 0.2) is 35.3 Å². The number of carbonyl (C=O) groups excluding carboxylic acids is 3. The van der Waals surface area contributed by atoms with Gasteiger partial charge in [-0.3, -0.25) is 24.8 Å². The molecule has 3 fully saturated rings. The Hall–Kier alpha value is -2.50. The molecule has 1 aliphatic heterocycles. The van der Waals surface area contributed by atoms with Crippen LogP contribution in [-0.2, 0) is 9.59 Å². The van der Waals surface area contributed by atoms with Crippen LogP contribution in [-0.4, -0.2) is 35.0 Å². The lowest BCUT2D eigenvalue weighted by Gasteiger charge is -2.36. The maximum atomic E-state index is 12.8. The SMILES string of the molecule is O=C1NC(=O)N([C@H]2C[C@H]3CC[C@H]2C3)C(=O)[C@@H]1C=Nc1ccccc1. The third kappa shape index (κ3) is 2.52. The number of rotatable bonds is 3.